The molecule has 1 aliphatic heterocycles. The Hall–Kier alpha value is -2.01. The predicted molar refractivity (Wildman–Crippen MR) is 87.2 cm³/mol. The van der Waals surface area contributed by atoms with Crippen LogP contribution >= 0.6 is 0 Å². The molecule has 0 radical (unpaired) electrons. The molecule has 1 unspecified atom stereocenters. The van der Waals surface area contributed by atoms with E-state index in [4.69, 9.17) is 9.47 Å². The number of methoxy groups -OCH3 is 1. The van der Waals surface area contributed by atoms with E-state index in [2.05, 4.69) is 12.2 Å². The molecule has 1 N–H and O–H groups in total. The van der Waals surface area contributed by atoms with E-state index in [1.54, 1.807) is 7.11 Å². The lowest BCUT2D eigenvalue weighted by Crippen LogP contribution is -2.52. The van der Waals surface area contributed by atoms with Gasteiger partial charge in [0.25, 0.3) is 5.91 Å². The molecule has 1 aromatic carbocycles. The topological polar surface area (TPSA) is 50.8 Å². The van der Waals surface area contributed by atoms with Crippen LogP contribution in [-0.4, -0.2) is 50.2 Å². The van der Waals surface area contributed by atoms with Gasteiger partial charge in [-0.25, -0.2) is 0 Å². The number of allylic oxidation sites excluding steroid dienone is 1. The maximum atomic E-state index is 12.2. The fourth-order valence-electron chi connectivity index (χ4n) is 2.49. The minimum atomic E-state index is 0.00735. The zero-order valence-corrected chi connectivity index (χ0v) is 13.5. The van der Waals surface area contributed by atoms with Gasteiger partial charge in [-0.3, -0.25) is 4.79 Å². The molecule has 2 rings (SSSR count). The van der Waals surface area contributed by atoms with E-state index >= 15 is 0 Å². The van der Waals surface area contributed by atoms with Gasteiger partial charge in [0, 0.05) is 25.7 Å². The summed E-state index contributed by atoms with van der Waals surface area (Å²) in [5, 5.41) is 3.32. The zero-order chi connectivity index (χ0) is 15.9. The van der Waals surface area contributed by atoms with E-state index in [1.807, 2.05) is 42.2 Å². The van der Waals surface area contributed by atoms with E-state index < -0.39 is 0 Å². The van der Waals surface area contributed by atoms with Crippen LogP contribution in [0.5, 0.6) is 11.5 Å². The van der Waals surface area contributed by atoms with Gasteiger partial charge in [-0.15, -0.1) is 0 Å². The highest BCUT2D eigenvalue weighted by atomic mass is 16.5. The second kappa shape index (κ2) is 7.84. The number of carbonyl (C=O) groups excluding carboxylic acids is 1. The summed E-state index contributed by atoms with van der Waals surface area (Å²) in [6, 6.07) is 6.00. The van der Waals surface area contributed by atoms with Crippen molar-refractivity contribution in [1.29, 1.82) is 0 Å². The van der Waals surface area contributed by atoms with Gasteiger partial charge in [0.15, 0.2) is 18.1 Å². The van der Waals surface area contributed by atoms with E-state index in [0.29, 0.717) is 17.5 Å². The van der Waals surface area contributed by atoms with Gasteiger partial charge in [-0.2, -0.15) is 0 Å². The molecule has 120 valence electrons. The van der Waals surface area contributed by atoms with Crippen LogP contribution < -0.4 is 14.8 Å². The Morgan fingerprint density at radius 2 is 2.27 bits per heavy atom. The SMILES string of the molecule is C/C=C/c1ccc(OCC(=O)N2CCNC(C)C2)c(OC)c1. The van der Waals surface area contributed by atoms with Crippen LogP contribution in [0.15, 0.2) is 24.3 Å². The van der Waals surface area contributed by atoms with Gasteiger partial charge >= 0.3 is 0 Å². The molecule has 0 saturated carbocycles. The van der Waals surface area contributed by atoms with Crippen LogP contribution in [0.3, 0.4) is 0 Å². The third-order valence-electron chi connectivity index (χ3n) is 3.62. The molecule has 22 heavy (non-hydrogen) atoms. The maximum Gasteiger partial charge on any atom is 0.260 e. The summed E-state index contributed by atoms with van der Waals surface area (Å²) in [6.07, 6.45) is 3.95. The Balaban J connectivity index is 1.97. The molecule has 1 amide bonds. The maximum absolute atomic E-state index is 12.2. The molecule has 5 heteroatoms. The van der Waals surface area contributed by atoms with Crippen LogP contribution in [0.2, 0.25) is 0 Å². The summed E-state index contributed by atoms with van der Waals surface area (Å²) in [4.78, 5) is 14.0. The van der Waals surface area contributed by atoms with Crippen molar-refractivity contribution in [3.63, 3.8) is 0 Å². The number of nitrogens with zero attached hydrogens (tertiary/aromatic N) is 1. The highest BCUT2D eigenvalue weighted by Crippen LogP contribution is 2.28. The van der Waals surface area contributed by atoms with Crippen LogP contribution in [0.4, 0.5) is 0 Å². The summed E-state index contributed by atoms with van der Waals surface area (Å²) in [6.45, 7) is 6.34. The van der Waals surface area contributed by atoms with Crippen molar-refractivity contribution in [3.05, 3.63) is 29.8 Å². The highest BCUT2D eigenvalue weighted by molar-refractivity contribution is 5.78. The first-order valence-corrected chi connectivity index (χ1v) is 7.58. The minimum Gasteiger partial charge on any atom is -0.493 e. The number of nitrogens with one attached hydrogen (secondary N) is 1. The van der Waals surface area contributed by atoms with Gasteiger partial charge in [-0.1, -0.05) is 18.2 Å². The summed E-state index contributed by atoms with van der Waals surface area (Å²) < 4.78 is 11.0. The molecule has 1 aromatic rings. The third kappa shape index (κ3) is 4.24. The van der Waals surface area contributed by atoms with Gasteiger partial charge < -0.3 is 19.7 Å². The van der Waals surface area contributed by atoms with Crippen molar-refractivity contribution in [3.8, 4) is 11.5 Å². The second-order valence-electron chi connectivity index (χ2n) is 5.39. The molecule has 0 aromatic heterocycles. The lowest BCUT2D eigenvalue weighted by Gasteiger charge is -2.31. The molecule has 1 saturated heterocycles. The highest BCUT2D eigenvalue weighted by Gasteiger charge is 2.21. The number of carbonyl (C=O) groups is 1. The van der Waals surface area contributed by atoms with Crippen molar-refractivity contribution in [2.45, 2.75) is 19.9 Å². The first kappa shape index (κ1) is 16.4. The van der Waals surface area contributed by atoms with Crippen LogP contribution in [0, 0.1) is 0 Å². The zero-order valence-electron chi connectivity index (χ0n) is 13.5. The molecular formula is C17H24N2O3. The molecule has 0 bridgehead atoms. The lowest BCUT2D eigenvalue weighted by molar-refractivity contribution is -0.134. The van der Waals surface area contributed by atoms with Gasteiger partial charge in [0.05, 0.1) is 7.11 Å². The van der Waals surface area contributed by atoms with Crippen molar-refractivity contribution in [1.82, 2.24) is 10.2 Å². The molecule has 1 aliphatic rings. The number of hydrogen-bond acceptors (Lipinski definition) is 4. The Kier molecular flexibility index (Phi) is 5.83. The average molecular weight is 304 g/mol. The molecule has 1 fully saturated rings. The van der Waals surface area contributed by atoms with Crippen LogP contribution in [0.1, 0.15) is 19.4 Å². The van der Waals surface area contributed by atoms with E-state index in [1.165, 1.54) is 0 Å². The number of hydrogen-bond donors (Lipinski definition) is 1. The first-order valence-electron chi connectivity index (χ1n) is 7.58. The van der Waals surface area contributed by atoms with Crippen molar-refractivity contribution < 1.29 is 14.3 Å². The first-order chi connectivity index (χ1) is 10.6. The van der Waals surface area contributed by atoms with Crippen LogP contribution in [-0.2, 0) is 4.79 Å². The molecule has 0 aliphatic carbocycles. The monoisotopic (exact) mass is 304 g/mol. The Morgan fingerprint density at radius 3 is 2.95 bits per heavy atom. The van der Waals surface area contributed by atoms with Crippen molar-refractivity contribution in [2.75, 3.05) is 33.4 Å². The normalized spacial score (nSPS) is 18.5. The lowest BCUT2D eigenvalue weighted by atomic mass is 10.2. The number of ether oxygens (including phenoxy) is 2. The molecule has 1 heterocycles. The van der Waals surface area contributed by atoms with Gasteiger partial charge in [0.1, 0.15) is 0 Å². The van der Waals surface area contributed by atoms with Gasteiger partial charge in [0.2, 0.25) is 0 Å². The number of benzene rings is 1. The largest absolute Gasteiger partial charge is 0.493 e. The number of amides is 1. The fraction of sp³-hybridized carbons (Fsp3) is 0.471. The standard InChI is InChI=1S/C17H24N2O3/c1-4-5-14-6-7-15(16(10-14)21-3)22-12-17(20)19-9-8-18-13(2)11-19/h4-7,10,13,18H,8-9,11-12H2,1-3H3/b5-4+. The average Bonchev–Trinajstić information content (AvgIpc) is 2.53. The Morgan fingerprint density at radius 1 is 1.45 bits per heavy atom. The quantitative estimate of drug-likeness (QED) is 0.903. The van der Waals surface area contributed by atoms with E-state index in [9.17, 15) is 4.79 Å². The molecule has 5 nitrogen and oxygen atoms in total. The fourth-order valence-corrected chi connectivity index (χ4v) is 2.49. The molecular weight excluding hydrogens is 280 g/mol. The second-order valence-corrected chi connectivity index (χ2v) is 5.39. The third-order valence-corrected chi connectivity index (χ3v) is 3.62. The molecule has 0 spiro atoms. The molecule has 1 atom stereocenters. The number of rotatable bonds is 5. The van der Waals surface area contributed by atoms with Crippen molar-refractivity contribution in [2.24, 2.45) is 0 Å². The summed E-state index contributed by atoms with van der Waals surface area (Å²) in [7, 11) is 1.60. The predicted octanol–water partition coefficient (Wildman–Crippen LogP) is 1.93. The van der Waals surface area contributed by atoms with Gasteiger partial charge in [-0.05, 0) is 31.5 Å². The number of piperazine rings is 1. The summed E-state index contributed by atoms with van der Waals surface area (Å²) >= 11 is 0. The Labute approximate surface area is 131 Å². The minimum absolute atomic E-state index is 0.00735. The Bertz CT molecular complexity index is 543. The summed E-state index contributed by atoms with van der Waals surface area (Å²) in [5.74, 6) is 1.23. The van der Waals surface area contributed by atoms with E-state index in [0.717, 1.165) is 25.2 Å². The van der Waals surface area contributed by atoms with Crippen molar-refractivity contribution >= 4 is 12.0 Å². The smallest absolute Gasteiger partial charge is 0.260 e. The van der Waals surface area contributed by atoms with E-state index in [-0.39, 0.29) is 12.5 Å². The van der Waals surface area contributed by atoms with Crippen LogP contribution in [0.25, 0.3) is 6.08 Å². The summed E-state index contributed by atoms with van der Waals surface area (Å²) in [5.41, 5.74) is 1.04.